The van der Waals surface area contributed by atoms with Gasteiger partial charge in [0.25, 0.3) is 0 Å². The van der Waals surface area contributed by atoms with Crippen molar-refractivity contribution in [3.63, 3.8) is 0 Å². The molecule has 2 heterocycles. The molecule has 0 spiro atoms. The minimum atomic E-state index is -0.759. The van der Waals surface area contributed by atoms with Crippen LogP contribution < -0.4 is 0 Å². The van der Waals surface area contributed by atoms with Crippen molar-refractivity contribution in [1.82, 2.24) is 0 Å². The minimum Gasteiger partial charge on any atom is -0.469 e. The van der Waals surface area contributed by atoms with Crippen LogP contribution in [0.4, 0.5) is 0 Å². The molecule has 2 saturated heterocycles. The van der Waals surface area contributed by atoms with Crippen molar-refractivity contribution in [1.29, 1.82) is 0 Å². The third-order valence-electron chi connectivity index (χ3n) is 3.49. The van der Waals surface area contributed by atoms with Gasteiger partial charge in [-0.25, -0.2) is 0 Å². The summed E-state index contributed by atoms with van der Waals surface area (Å²) < 4.78 is 27.1. The first-order valence-electron chi connectivity index (χ1n) is 7.07. The zero-order valence-electron chi connectivity index (χ0n) is 12.8. The molecular weight excluding hydrogens is 280 g/mol. The lowest BCUT2D eigenvalue weighted by molar-refractivity contribution is -0.219. The maximum Gasteiger partial charge on any atom is 0.305 e. The van der Waals surface area contributed by atoms with Gasteiger partial charge >= 0.3 is 11.9 Å². The van der Waals surface area contributed by atoms with E-state index >= 15 is 0 Å². The number of rotatable bonds is 5. The van der Waals surface area contributed by atoms with Crippen LogP contribution in [-0.4, -0.2) is 49.4 Å². The molecule has 2 rings (SSSR count). The smallest absolute Gasteiger partial charge is 0.305 e. The molecule has 0 unspecified atom stereocenters. The molecule has 2 fully saturated rings. The van der Waals surface area contributed by atoms with Crippen LogP contribution in [0.2, 0.25) is 0 Å². The van der Waals surface area contributed by atoms with Crippen molar-refractivity contribution < 1.29 is 33.3 Å². The van der Waals surface area contributed by atoms with Crippen LogP contribution in [0.1, 0.15) is 40.0 Å². The molecule has 0 N–H and O–H groups in total. The minimum absolute atomic E-state index is 0.272. The molecule has 120 valence electrons. The van der Waals surface area contributed by atoms with Crippen molar-refractivity contribution in [2.45, 2.75) is 70.4 Å². The summed E-state index contributed by atoms with van der Waals surface area (Å²) in [5.74, 6) is -1.42. The summed E-state index contributed by atoms with van der Waals surface area (Å²) in [4.78, 5) is 22.4. The van der Waals surface area contributed by atoms with Gasteiger partial charge in [-0.05, 0) is 26.7 Å². The highest BCUT2D eigenvalue weighted by molar-refractivity contribution is 5.69. The van der Waals surface area contributed by atoms with Gasteiger partial charge in [0.05, 0.1) is 7.11 Å². The van der Waals surface area contributed by atoms with Crippen LogP contribution in [0.15, 0.2) is 0 Å². The highest BCUT2D eigenvalue weighted by atomic mass is 16.8. The molecule has 21 heavy (non-hydrogen) atoms. The van der Waals surface area contributed by atoms with E-state index in [9.17, 15) is 9.59 Å². The fourth-order valence-electron chi connectivity index (χ4n) is 2.66. The molecule has 0 amide bonds. The predicted octanol–water partition coefficient (Wildman–Crippen LogP) is 1.14. The molecule has 4 atom stereocenters. The Hall–Kier alpha value is -1.18. The third kappa shape index (κ3) is 3.93. The Balaban J connectivity index is 1.95. The van der Waals surface area contributed by atoms with E-state index in [1.165, 1.54) is 14.0 Å². The quantitative estimate of drug-likeness (QED) is 0.704. The Morgan fingerprint density at radius 1 is 1.24 bits per heavy atom. The molecular formula is C14H22O7. The first-order chi connectivity index (χ1) is 9.82. The van der Waals surface area contributed by atoms with Gasteiger partial charge in [0.15, 0.2) is 24.3 Å². The van der Waals surface area contributed by atoms with Crippen LogP contribution in [-0.2, 0) is 33.3 Å². The van der Waals surface area contributed by atoms with Gasteiger partial charge in [0.2, 0.25) is 0 Å². The molecule has 2 aliphatic rings. The summed E-state index contributed by atoms with van der Waals surface area (Å²) in [5.41, 5.74) is 0. The number of carbonyl (C=O) groups excluding carboxylic acids is 2. The van der Waals surface area contributed by atoms with Gasteiger partial charge in [-0.2, -0.15) is 0 Å². The molecule has 0 aromatic heterocycles. The predicted molar refractivity (Wildman–Crippen MR) is 70.1 cm³/mol. The summed E-state index contributed by atoms with van der Waals surface area (Å²) >= 11 is 0. The Morgan fingerprint density at radius 2 is 1.95 bits per heavy atom. The Morgan fingerprint density at radius 3 is 2.57 bits per heavy atom. The molecule has 2 aliphatic heterocycles. The largest absolute Gasteiger partial charge is 0.469 e. The topological polar surface area (TPSA) is 80.3 Å². The van der Waals surface area contributed by atoms with Gasteiger partial charge in [0.1, 0.15) is 6.10 Å². The number of methoxy groups -OCH3 is 1. The molecule has 0 aromatic rings. The zero-order chi connectivity index (χ0) is 15.6. The number of carbonyl (C=O) groups is 2. The zero-order valence-corrected chi connectivity index (χ0v) is 12.8. The Bertz CT molecular complexity index is 406. The average molecular weight is 302 g/mol. The number of esters is 2. The van der Waals surface area contributed by atoms with Gasteiger partial charge in [0, 0.05) is 13.3 Å². The van der Waals surface area contributed by atoms with Crippen molar-refractivity contribution in [3.05, 3.63) is 0 Å². The van der Waals surface area contributed by atoms with E-state index < -0.39 is 30.3 Å². The number of fused-ring (bicyclic) bond motifs is 1. The fraction of sp³-hybridized carbons (Fsp3) is 0.857. The standard InChI is InChI=1S/C14H22O7/c1-8(15)18-11-9(6-5-7-10(16)17-4)19-13-12(11)20-14(2,3)21-13/h9,11-13H,5-7H2,1-4H3/t9-,11-,12+,13+/m0/s1. The SMILES string of the molecule is COC(=O)CCC[C@@H]1O[C@@H]2OC(C)(C)O[C@@H]2[C@H]1OC(C)=O. The van der Waals surface area contributed by atoms with E-state index in [1.54, 1.807) is 13.8 Å². The van der Waals surface area contributed by atoms with Crippen molar-refractivity contribution in [3.8, 4) is 0 Å². The molecule has 0 saturated carbocycles. The number of hydrogen-bond acceptors (Lipinski definition) is 7. The van der Waals surface area contributed by atoms with E-state index in [0.717, 1.165) is 0 Å². The fourth-order valence-corrected chi connectivity index (χ4v) is 2.66. The summed E-state index contributed by atoms with van der Waals surface area (Å²) in [5, 5.41) is 0. The summed E-state index contributed by atoms with van der Waals surface area (Å²) in [6.45, 7) is 4.91. The first kappa shape index (κ1) is 16.2. The highest BCUT2D eigenvalue weighted by Crippen LogP contribution is 2.40. The number of hydrogen-bond donors (Lipinski definition) is 0. The summed E-state index contributed by atoms with van der Waals surface area (Å²) in [6.07, 6.45) is -0.410. The molecule has 0 aliphatic carbocycles. The maximum absolute atomic E-state index is 11.3. The van der Waals surface area contributed by atoms with E-state index in [0.29, 0.717) is 19.3 Å². The molecule has 7 heteroatoms. The van der Waals surface area contributed by atoms with Crippen LogP contribution in [0, 0.1) is 0 Å². The third-order valence-corrected chi connectivity index (χ3v) is 3.49. The van der Waals surface area contributed by atoms with E-state index in [1.807, 2.05) is 0 Å². The normalized spacial score (nSPS) is 33.5. The van der Waals surface area contributed by atoms with Gasteiger partial charge in [-0.15, -0.1) is 0 Å². The van der Waals surface area contributed by atoms with Crippen LogP contribution >= 0.6 is 0 Å². The van der Waals surface area contributed by atoms with Crippen LogP contribution in [0.25, 0.3) is 0 Å². The lowest BCUT2D eigenvalue weighted by Crippen LogP contribution is -2.38. The van der Waals surface area contributed by atoms with Crippen molar-refractivity contribution in [2.24, 2.45) is 0 Å². The van der Waals surface area contributed by atoms with Gasteiger partial charge in [-0.3, -0.25) is 9.59 Å². The molecule has 0 bridgehead atoms. The second kappa shape index (κ2) is 6.29. The van der Waals surface area contributed by atoms with Gasteiger partial charge < -0.3 is 23.7 Å². The highest BCUT2D eigenvalue weighted by Gasteiger charge is 2.56. The maximum atomic E-state index is 11.3. The molecule has 0 radical (unpaired) electrons. The van der Waals surface area contributed by atoms with Gasteiger partial charge in [-0.1, -0.05) is 0 Å². The monoisotopic (exact) mass is 302 g/mol. The van der Waals surface area contributed by atoms with Crippen molar-refractivity contribution >= 4 is 11.9 Å². The first-order valence-corrected chi connectivity index (χ1v) is 7.07. The van der Waals surface area contributed by atoms with E-state index in [2.05, 4.69) is 4.74 Å². The van der Waals surface area contributed by atoms with E-state index in [4.69, 9.17) is 18.9 Å². The lowest BCUT2D eigenvalue weighted by Gasteiger charge is -2.25. The second-order valence-corrected chi connectivity index (χ2v) is 5.69. The lowest BCUT2D eigenvalue weighted by atomic mass is 10.0. The molecule has 0 aromatic carbocycles. The second-order valence-electron chi connectivity index (χ2n) is 5.69. The molecule has 7 nitrogen and oxygen atoms in total. The van der Waals surface area contributed by atoms with Crippen LogP contribution in [0.5, 0.6) is 0 Å². The summed E-state index contributed by atoms with van der Waals surface area (Å²) in [6, 6.07) is 0. The Kier molecular flexibility index (Phi) is 4.85. The number of ether oxygens (including phenoxy) is 5. The van der Waals surface area contributed by atoms with E-state index in [-0.39, 0.29) is 12.1 Å². The summed E-state index contributed by atoms with van der Waals surface area (Å²) in [7, 11) is 1.35. The Labute approximate surface area is 123 Å². The van der Waals surface area contributed by atoms with Crippen LogP contribution in [0.3, 0.4) is 0 Å². The average Bonchev–Trinajstić information content (AvgIpc) is 2.83. The van der Waals surface area contributed by atoms with Crippen molar-refractivity contribution in [2.75, 3.05) is 7.11 Å².